The second-order valence-corrected chi connectivity index (χ2v) is 3.71. The van der Waals surface area contributed by atoms with Crippen LogP contribution in [0.3, 0.4) is 0 Å². The first-order valence-corrected chi connectivity index (χ1v) is 4.72. The van der Waals surface area contributed by atoms with Crippen LogP contribution in [-0.2, 0) is 0 Å². The van der Waals surface area contributed by atoms with Crippen molar-refractivity contribution >= 4 is 6.03 Å². The number of rotatable bonds is 0. The first kappa shape index (κ1) is 9.36. The van der Waals surface area contributed by atoms with Gasteiger partial charge in [-0.15, -0.1) is 0 Å². The van der Waals surface area contributed by atoms with E-state index in [0.717, 1.165) is 25.9 Å². The van der Waals surface area contributed by atoms with Crippen molar-refractivity contribution in [2.45, 2.75) is 26.7 Å². The van der Waals surface area contributed by atoms with Crippen LogP contribution in [0, 0.1) is 11.8 Å². The van der Waals surface area contributed by atoms with E-state index in [2.05, 4.69) is 24.5 Å². The lowest BCUT2D eigenvalue weighted by molar-refractivity contribution is 0.241. The molecule has 3 heteroatoms. The van der Waals surface area contributed by atoms with Gasteiger partial charge in [0.2, 0.25) is 0 Å². The lowest BCUT2D eigenvalue weighted by Crippen LogP contribution is -2.35. The van der Waals surface area contributed by atoms with Crippen molar-refractivity contribution in [3.8, 4) is 0 Å². The third kappa shape index (κ3) is 2.72. The predicted octanol–water partition coefficient (Wildman–Crippen LogP) is 1.35. The second-order valence-electron chi connectivity index (χ2n) is 3.71. The van der Waals surface area contributed by atoms with Crippen LogP contribution in [0.2, 0.25) is 0 Å². The largest absolute Gasteiger partial charge is 0.338 e. The Morgan fingerprint density at radius 1 is 1.08 bits per heavy atom. The molecule has 0 aliphatic carbocycles. The van der Waals surface area contributed by atoms with Crippen molar-refractivity contribution in [1.29, 1.82) is 0 Å². The molecule has 0 aromatic carbocycles. The van der Waals surface area contributed by atoms with Gasteiger partial charge in [-0.25, -0.2) is 4.79 Å². The summed E-state index contributed by atoms with van der Waals surface area (Å²) in [5.41, 5.74) is 0. The molecule has 2 N–H and O–H groups in total. The number of carbonyl (C=O) groups is 1. The monoisotopic (exact) mass is 170 g/mol. The summed E-state index contributed by atoms with van der Waals surface area (Å²) in [5.74, 6) is 1.43. The quantitative estimate of drug-likeness (QED) is 0.566. The van der Waals surface area contributed by atoms with Crippen molar-refractivity contribution in [1.82, 2.24) is 10.6 Å². The average Bonchev–Trinajstić information content (AvgIpc) is 2.08. The lowest BCUT2D eigenvalue weighted by atomic mass is 9.90. The number of hydrogen-bond donors (Lipinski definition) is 2. The highest BCUT2D eigenvalue weighted by Gasteiger charge is 2.14. The SMILES string of the molecule is CC1CCNC(=O)NCCC1C. The molecule has 2 atom stereocenters. The zero-order valence-corrected chi connectivity index (χ0v) is 7.89. The predicted molar refractivity (Wildman–Crippen MR) is 49.0 cm³/mol. The highest BCUT2D eigenvalue weighted by atomic mass is 16.2. The van der Waals surface area contributed by atoms with Crippen LogP contribution in [0.25, 0.3) is 0 Å². The van der Waals surface area contributed by atoms with Crippen LogP contribution in [0.4, 0.5) is 4.79 Å². The van der Waals surface area contributed by atoms with Gasteiger partial charge in [0.25, 0.3) is 0 Å². The van der Waals surface area contributed by atoms with Crippen molar-refractivity contribution < 1.29 is 4.79 Å². The molecule has 70 valence electrons. The number of hydrogen-bond acceptors (Lipinski definition) is 1. The Kier molecular flexibility index (Phi) is 3.38. The zero-order valence-electron chi connectivity index (χ0n) is 7.89. The van der Waals surface area contributed by atoms with E-state index in [4.69, 9.17) is 0 Å². The summed E-state index contributed by atoms with van der Waals surface area (Å²) in [6.07, 6.45) is 2.18. The van der Waals surface area contributed by atoms with E-state index in [1.807, 2.05) is 0 Å². The standard InChI is InChI=1S/C9H18N2O/c1-7-3-5-10-9(12)11-6-4-8(7)2/h7-8H,3-6H2,1-2H3,(H2,10,11,12). The van der Waals surface area contributed by atoms with Crippen LogP contribution in [0.1, 0.15) is 26.7 Å². The van der Waals surface area contributed by atoms with E-state index in [-0.39, 0.29) is 6.03 Å². The molecule has 1 aliphatic rings. The fourth-order valence-corrected chi connectivity index (χ4v) is 1.46. The summed E-state index contributed by atoms with van der Waals surface area (Å²) in [4.78, 5) is 11.0. The van der Waals surface area contributed by atoms with Crippen LogP contribution in [-0.4, -0.2) is 19.1 Å². The molecule has 3 nitrogen and oxygen atoms in total. The van der Waals surface area contributed by atoms with Gasteiger partial charge < -0.3 is 10.6 Å². The third-order valence-electron chi connectivity index (χ3n) is 2.74. The second kappa shape index (κ2) is 4.33. The molecule has 0 spiro atoms. The summed E-state index contributed by atoms with van der Waals surface area (Å²) < 4.78 is 0. The van der Waals surface area contributed by atoms with Gasteiger partial charge in [0.1, 0.15) is 0 Å². The Morgan fingerprint density at radius 3 is 1.92 bits per heavy atom. The third-order valence-corrected chi connectivity index (χ3v) is 2.74. The number of carbonyl (C=O) groups excluding carboxylic acids is 1. The first-order valence-electron chi connectivity index (χ1n) is 4.72. The normalized spacial score (nSPS) is 32.3. The summed E-state index contributed by atoms with van der Waals surface area (Å²) >= 11 is 0. The summed E-state index contributed by atoms with van der Waals surface area (Å²) in [5, 5.41) is 5.65. The van der Waals surface area contributed by atoms with Gasteiger partial charge in [-0.05, 0) is 24.7 Å². The van der Waals surface area contributed by atoms with Crippen molar-refractivity contribution in [3.05, 3.63) is 0 Å². The van der Waals surface area contributed by atoms with Crippen molar-refractivity contribution in [2.24, 2.45) is 11.8 Å². The number of urea groups is 1. The average molecular weight is 170 g/mol. The summed E-state index contributed by atoms with van der Waals surface area (Å²) in [7, 11) is 0. The van der Waals surface area contributed by atoms with E-state index in [0.29, 0.717) is 11.8 Å². The van der Waals surface area contributed by atoms with Gasteiger partial charge in [0, 0.05) is 13.1 Å². The van der Waals surface area contributed by atoms with Crippen LogP contribution in [0.15, 0.2) is 0 Å². The molecular weight excluding hydrogens is 152 g/mol. The summed E-state index contributed by atoms with van der Waals surface area (Å²) in [6, 6.07) is -0.0173. The molecule has 1 saturated heterocycles. The molecular formula is C9H18N2O. The summed E-state index contributed by atoms with van der Waals surface area (Å²) in [6.45, 7) is 6.11. The molecule has 1 heterocycles. The highest BCUT2D eigenvalue weighted by molar-refractivity contribution is 5.73. The molecule has 0 aromatic rings. The minimum absolute atomic E-state index is 0.0173. The topological polar surface area (TPSA) is 41.1 Å². The van der Waals surface area contributed by atoms with E-state index in [1.165, 1.54) is 0 Å². The van der Waals surface area contributed by atoms with E-state index < -0.39 is 0 Å². The first-order chi connectivity index (χ1) is 5.70. The minimum atomic E-state index is -0.0173. The van der Waals surface area contributed by atoms with Crippen molar-refractivity contribution in [3.63, 3.8) is 0 Å². The molecule has 12 heavy (non-hydrogen) atoms. The van der Waals surface area contributed by atoms with Gasteiger partial charge in [0.05, 0.1) is 0 Å². The maximum Gasteiger partial charge on any atom is 0.314 e. The molecule has 1 aliphatic heterocycles. The van der Waals surface area contributed by atoms with Gasteiger partial charge >= 0.3 is 6.03 Å². The Bertz CT molecular complexity index is 143. The lowest BCUT2D eigenvalue weighted by Gasteiger charge is -2.17. The Morgan fingerprint density at radius 2 is 1.50 bits per heavy atom. The van der Waals surface area contributed by atoms with E-state index in [9.17, 15) is 4.79 Å². The molecule has 1 fully saturated rings. The maximum absolute atomic E-state index is 11.0. The Hall–Kier alpha value is -0.730. The van der Waals surface area contributed by atoms with E-state index >= 15 is 0 Å². The molecule has 0 aromatic heterocycles. The van der Waals surface area contributed by atoms with Gasteiger partial charge in [-0.1, -0.05) is 13.8 Å². The minimum Gasteiger partial charge on any atom is -0.338 e. The Balaban J connectivity index is 2.41. The van der Waals surface area contributed by atoms with Gasteiger partial charge in [-0.3, -0.25) is 0 Å². The van der Waals surface area contributed by atoms with E-state index in [1.54, 1.807) is 0 Å². The fraction of sp³-hybridized carbons (Fsp3) is 0.889. The van der Waals surface area contributed by atoms with Crippen LogP contribution < -0.4 is 10.6 Å². The molecule has 0 radical (unpaired) electrons. The van der Waals surface area contributed by atoms with Crippen molar-refractivity contribution in [2.75, 3.05) is 13.1 Å². The zero-order chi connectivity index (χ0) is 8.97. The highest BCUT2D eigenvalue weighted by Crippen LogP contribution is 2.17. The van der Waals surface area contributed by atoms with Gasteiger partial charge in [-0.2, -0.15) is 0 Å². The smallest absolute Gasteiger partial charge is 0.314 e. The molecule has 0 saturated carbocycles. The van der Waals surface area contributed by atoms with Gasteiger partial charge in [0.15, 0.2) is 0 Å². The Labute approximate surface area is 73.9 Å². The van der Waals surface area contributed by atoms with Crippen LogP contribution in [0.5, 0.6) is 0 Å². The maximum atomic E-state index is 11.0. The molecule has 2 amide bonds. The molecule has 2 unspecified atom stereocenters. The fourth-order valence-electron chi connectivity index (χ4n) is 1.46. The molecule has 0 bridgehead atoms. The molecule has 1 rings (SSSR count). The number of amides is 2. The van der Waals surface area contributed by atoms with Crippen LogP contribution >= 0.6 is 0 Å². The number of nitrogens with one attached hydrogen (secondary N) is 2.